The van der Waals surface area contributed by atoms with Crippen LogP contribution in [0.15, 0.2) is 35.2 Å². The van der Waals surface area contributed by atoms with E-state index in [1.165, 1.54) is 19.3 Å². The van der Waals surface area contributed by atoms with Gasteiger partial charge in [0.1, 0.15) is 0 Å². The summed E-state index contributed by atoms with van der Waals surface area (Å²) in [5.74, 6) is 1.28. The van der Waals surface area contributed by atoms with Crippen molar-refractivity contribution in [2.45, 2.75) is 36.2 Å². The summed E-state index contributed by atoms with van der Waals surface area (Å²) >= 11 is 0. The molecule has 2 saturated carbocycles. The fraction of sp³-hybridized carbons (Fsp3) is 0.538. The lowest BCUT2D eigenvalue weighted by atomic mass is 10.0. The first-order valence-electron chi connectivity index (χ1n) is 6.28. The van der Waals surface area contributed by atoms with Gasteiger partial charge in [0.05, 0.1) is 4.90 Å². The Bertz CT molecular complexity index is 538. The normalized spacial score (nSPS) is 42.5. The highest BCUT2D eigenvalue weighted by Gasteiger charge is 2.68. The van der Waals surface area contributed by atoms with Crippen molar-refractivity contribution in [1.29, 1.82) is 0 Å². The first kappa shape index (κ1) is 10.1. The van der Waals surface area contributed by atoms with Crippen LogP contribution in [-0.2, 0) is 10.0 Å². The van der Waals surface area contributed by atoms with Crippen LogP contribution in [-0.4, -0.2) is 24.8 Å². The monoisotopic (exact) mass is 249 g/mol. The maximum atomic E-state index is 12.5. The smallest absolute Gasteiger partial charge is 0.207 e. The van der Waals surface area contributed by atoms with Crippen LogP contribution in [0.3, 0.4) is 0 Å². The minimum atomic E-state index is -3.22. The van der Waals surface area contributed by atoms with E-state index >= 15 is 0 Å². The van der Waals surface area contributed by atoms with Gasteiger partial charge in [0.2, 0.25) is 10.0 Å². The van der Waals surface area contributed by atoms with Gasteiger partial charge in [-0.1, -0.05) is 18.2 Å². The summed E-state index contributed by atoms with van der Waals surface area (Å²) in [6, 6.07) is 9.50. The summed E-state index contributed by atoms with van der Waals surface area (Å²) < 4.78 is 26.7. The third-order valence-electron chi connectivity index (χ3n) is 4.65. The van der Waals surface area contributed by atoms with Crippen LogP contribution in [0.1, 0.15) is 19.3 Å². The van der Waals surface area contributed by atoms with Gasteiger partial charge in [-0.3, -0.25) is 0 Å². The van der Waals surface area contributed by atoms with E-state index in [-0.39, 0.29) is 0 Å². The molecule has 1 aromatic carbocycles. The quantitative estimate of drug-likeness (QED) is 0.750. The summed E-state index contributed by atoms with van der Waals surface area (Å²) in [7, 11) is -3.22. The predicted octanol–water partition coefficient (Wildman–Crippen LogP) is 1.86. The number of sulfonamides is 1. The topological polar surface area (TPSA) is 37.1 Å². The molecular formula is C13H15NO2S. The minimum Gasteiger partial charge on any atom is -0.207 e. The summed E-state index contributed by atoms with van der Waals surface area (Å²) in [5, 5.41) is 0. The molecule has 3 fully saturated rings. The van der Waals surface area contributed by atoms with Crippen LogP contribution >= 0.6 is 0 Å². The lowest BCUT2D eigenvalue weighted by molar-refractivity contribution is 0.447. The van der Waals surface area contributed by atoms with Crippen molar-refractivity contribution in [3.05, 3.63) is 30.3 Å². The molecule has 4 heteroatoms. The van der Waals surface area contributed by atoms with E-state index in [1.54, 1.807) is 28.6 Å². The van der Waals surface area contributed by atoms with E-state index in [2.05, 4.69) is 0 Å². The fourth-order valence-electron chi connectivity index (χ4n) is 3.93. The Morgan fingerprint density at radius 2 is 1.59 bits per heavy atom. The Balaban J connectivity index is 1.70. The van der Waals surface area contributed by atoms with Crippen LogP contribution in [0, 0.1) is 11.8 Å². The molecule has 1 aromatic rings. The van der Waals surface area contributed by atoms with Gasteiger partial charge < -0.3 is 0 Å². The molecule has 1 aliphatic heterocycles. The van der Waals surface area contributed by atoms with Gasteiger partial charge in [0.15, 0.2) is 0 Å². The van der Waals surface area contributed by atoms with Gasteiger partial charge in [-0.2, -0.15) is 4.31 Å². The second kappa shape index (κ2) is 3.12. The summed E-state index contributed by atoms with van der Waals surface area (Å²) in [6.45, 7) is 0. The summed E-state index contributed by atoms with van der Waals surface area (Å²) in [6.07, 6.45) is 3.72. The van der Waals surface area contributed by atoms with E-state index in [0.29, 0.717) is 28.8 Å². The number of fused-ring (bicyclic) bond motifs is 5. The van der Waals surface area contributed by atoms with Gasteiger partial charge in [0.25, 0.3) is 0 Å². The van der Waals surface area contributed by atoms with Gasteiger partial charge in [-0.15, -0.1) is 0 Å². The maximum absolute atomic E-state index is 12.5. The molecule has 2 bridgehead atoms. The highest BCUT2D eigenvalue weighted by Crippen LogP contribution is 2.60. The molecule has 2 aliphatic carbocycles. The molecule has 1 heterocycles. The second-order valence-corrected chi connectivity index (χ2v) is 7.31. The molecule has 17 heavy (non-hydrogen) atoms. The van der Waals surface area contributed by atoms with Gasteiger partial charge >= 0.3 is 0 Å². The third kappa shape index (κ3) is 1.23. The van der Waals surface area contributed by atoms with Crippen molar-refractivity contribution < 1.29 is 8.42 Å². The molecule has 0 N–H and O–H groups in total. The van der Waals surface area contributed by atoms with Crippen LogP contribution in [0.4, 0.5) is 0 Å². The average Bonchev–Trinajstić information content (AvgIpc) is 2.83. The minimum absolute atomic E-state index is 0.332. The number of nitrogens with zero attached hydrogens (tertiary/aromatic N) is 1. The predicted molar refractivity (Wildman–Crippen MR) is 63.9 cm³/mol. The number of hydrogen-bond donors (Lipinski definition) is 0. The molecular weight excluding hydrogens is 234 g/mol. The van der Waals surface area contributed by atoms with Gasteiger partial charge in [0, 0.05) is 12.1 Å². The second-order valence-electron chi connectivity index (χ2n) is 5.46. The van der Waals surface area contributed by atoms with Crippen molar-refractivity contribution in [3.8, 4) is 0 Å². The van der Waals surface area contributed by atoms with E-state index in [4.69, 9.17) is 0 Å². The van der Waals surface area contributed by atoms with E-state index in [1.807, 2.05) is 6.07 Å². The lowest BCUT2D eigenvalue weighted by Gasteiger charge is -2.12. The van der Waals surface area contributed by atoms with Crippen LogP contribution in [0.25, 0.3) is 0 Å². The molecule has 3 aliphatic rings. The summed E-state index contributed by atoms with van der Waals surface area (Å²) in [4.78, 5) is 0.453. The first-order chi connectivity index (χ1) is 8.19. The van der Waals surface area contributed by atoms with Crippen molar-refractivity contribution >= 4 is 10.0 Å². The number of piperidine rings is 1. The SMILES string of the molecule is O=S(=O)(c1ccccc1)N1[C@@H]2[C@@H]3CC[C@H](C3)[C@H]21. The first-order valence-corrected chi connectivity index (χ1v) is 7.72. The third-order valence-corrected chi connectivity index (χ3v) is 6.56. The zero-order valence-corrected chi connectivity index (χ0v) is 10.3. The number of benzene rings is 1. The van der Waals surface area contributed by atoms with Crippen LogP contribution in [0.2, 0.25) is 0 Å². The highest BCUT2D eigenvalue weighted by molar-refractivity contribution is 7.89. The lowest BCUT2D eigenvalue weighted by Crippen LogP contribution is -2.21. The highest BCUT2D eigenvalue weighted by atomic mass is 32.2. The molecule has 4 rings (SSSR count). The van der Waals surface area contributed by atoms with E-state index in [0.717, 1.165) is 0 Å². The molecule has 0 amide bonds. The Morgan fingerprint density at radius 3 is 2.18 bits per heavy atom. The molecule has 90 valence electrons. The van der Waals surface area contributed by atoms with E-state index in [9.17, 15) is 8.42 Å². The molecule has 0 unspecified atom stereocenters. The Morgan fingerprint density at radius 1 is 1.00 bits per heavy atom. The van der Waals surface area contributed by atoms with Gasteiger partial charge in [-0.25, -0.2) is 8.42 Å². The largest absolute Gasteiger partial charge is 0.243 e. The van der Waals surface area contributed by atoms with E-state index < -0.39 is 10.0 Å². The van der Waals surface area contributed by atoms with Crippen molar-refractivity contribution in [2.75, 3.05) is 0 Å². The molecule has 0 radical (unpaired) electrons. The zero-order valence-electron chi connectivity index (χ0n) is 9.49. The van der Waals surface area contributed by atoms with Crippen molar-refractivity contribution in [1.82, 2.24) is 4.31 Å². The van der Waals surface area contributed by atoms with Crippen LogP contribution in [0.5, 0.6) is 0 Å². The maximum Gasteiger partial charge on any atom is 0.243 e. The zero-order chi connectivity index (χ0) is 11.6. The Hall–Kier alpha value is -0.870. The number of hydrogen-bond acceptors (Lipinski definition) is 2. The van der Waals surface area contributed by atoms with Crippen LogP contribution < -0.4 is 0 Å². The molecule has 0 spiro atoms. The molecule has 3 nitrogen and oxygen atoms in total. The summed E-state index contributed by atoms with van der Waals surface area (Å²) in [5.41, 5.74) is 0. The average molecular weight is 249 g/mol. The molecule has 1 saturated heterocycles. The Labute approximate surface area is 101 Å². The van der Waals surface area contributed by atoms with Crippen molar-refractivity contribution in [3.63, 3.8) is 0 Å². The number of rotatable bonds is 2. The standard InChI is InChI=1S/C13H15NO2S/c15-17(16,11-4-2-1-3-5-11)14-12-9-6-7-10(8-9)13(12)14/h1-5,9-10,12-13H,6-8H2/t9-,10-,12-,13-/m1/s1. The molecule has 0 aromatic heterocycles. The van der Waals surface area contributed by atoms with Gasteiger partial charge in [-0.05, 0) is 43.2 Å². The Kier molecular flexibility index (Phi) is 1.85. The van der Waals surface area contributed by atoms with Crippen molar-refractivity contribution in [2.24, 2.45) is 11.8 Å². The fourth-order valence-corrected chi connectivity index (χ4v) is 5.85. The molecule has 4 atom stereocenters.